The summed E-state index contributed by atoms with van der Waals surface area (Å²) in [6.07, 6.45) is 3.94. The minimum Gasteiger partial charge on any atom is -0.310 e. The second-order valence-corrected chi connectivity index (χ2v) is 6.15. The first-order chi connectivity index (χ1) is 10.0. The van der Waals surface area contributed by atoms with Gasteiger partial charge in [0.2, 0.25) is 0 Å². The van der Waals surface area contributed by atoms with E-state index < -0.39 is 0 Å². The Balaban J connectivity index is 2.08. The van der Waals surface area contributed by atoms with Gasteiger partial charge < -0.3 is 4.40 Å². The van der Waals surface area contributed by atoms with E-state index >= 15 is 0 Å². The van der Waals surface area contributed by atoms with Crippen molar-refractivity contribution >= 4 is 5.52 Å². The summed E-state index contributed by atoms with van der Waals surface area (Å²) in [6, 6.07) is 14.2. The third-order valence-corrected chi connectivity index (χ3v) is 3.48. The van der Waals surface area contributed by atoms with Gasteiger partial charge in [-0.25, -0.2) is 4.98 Å². The fourth-order valence-electron chi connectivity index (χ4n) is 2.21. The maximum Gasteiger partial charge on any atom is 0.113 e. The molecule has 0 saturated carbocycles. The van der Waals surface area contributed by atoms with Crippen LogP contribution in [-0.4, -0.2) is 9.38 Å². The van der Waals surface area contributed by atoms with Crippen LogP contribution in [0.15, 0.2) is 54.9 Å². The molecule has 0 fully saturated rings. The van der Waals surface area contributed by atoms with Crippen molar-refractivity contribution in [3.63, 3.8) is 0 Å². The Morgan fingerprint density at radius 1 is 1.00 bits per heavy atom. The van der Waals surface area contributed by atoms with Crippen LogP contribution in [0.25, 0.3) is 5.52 Å². The average molecular weight is 274 g/mol. The minimum absolute atomic E-state index is 0.137. The lowest BCUT2D eigenvalue weighted by molar-refractivity contribution is 0.590. The molecule has 0 unspecified atom stereocenters. The van der Waals surface area contributed by atoms with Crippen molar-refractivity contribution in [1.29, 1.82) is 0 Å². The van der Waals surface area contributed by atoms with Crippen LogP contribution in [0.4, 0.5) is 0 Å². The van der Waals surface area contributed by atoms with Gasteiger partial charge in [-0.05, 0) is 53.2 Å². The fraction of sp³-hybridized carbons (Fsp3) is 0.211. The maximum atomic E-state index is 4.24. The number of fused-ring (bicyclic) bond motifs is 1. The van der Waals surface area contributed by atoms with Crippen LogP contribution >= 0.6 is 0 Å². The van der Waals surface area contributed by atoms with Gasteiger partial charge in [-0.3, -0.25) is 0 Å². The number of rotatable bonds is 0. The molecule has 0 aromatic carbocycles. The van der Waals surface area contributed by atoms with Crippen molar-refractivity contribution in [2.75, 3.05) is 0 Å². The zero-order valence-electron chi connectivity index (χ0n) is 12.6. The Morgan fingerprint density at radius 2 is 1.86 bits per heavy atom. The molecule has 0 saturated heterocycles. The molecule has 3 aromatic rings. The summed E-state index contributed by atoms with van der Waals surface area (Å²) in [5, 5.41) is 0. The third-order valence-electron chi connectivity index (χ3n) is 3.48. The van der Waals surface area contributed by atoms with Crippen LogP contribution in [-0.2, 0) is 5.41 Å². The summed E-state index contributed by atoms with van der Waals surface area (Å²) >= 11 is 0. The summed E-state index contributed by atoms with van der Waals surface area (Å²) in [7, 11) is 0. The summed E-state index contributed by atoms with van der Waals surface area (Å²) in [6.45, 7) is 6.67. The van der Waals surface area contributed by atoms with E-state index in [0.717, 1.165) is 11.4 Å². The largest absolute Gasteiger partial charge is 0.310 e. The van der Waals surface area contributed by atoms with Crippen molar-refractivity contribution in [1.82, 2.24) is 9.38 Å². The molecule has 3 heterocycles. The van der Waals surface area contributed by atoms with E-state index in [9.17, 15) is 0 Å². The van der Waals surface area contributed by atoms with Gasteiger partial charge in [0.15, 0.2) is 0 Å². The number of pyridine rings is 2. The highest BCUT2D eigenvalue weighted by Crippen LogP contribution is 2.25. The van der Waals surface area contributed by atoms with Crippen molar-refractivity contribution in [2.45, 2.75) is 26.2 Å². The maximum absolute atomic E-state index is 4.24. The van der Waals surface area contributed by atoms with Crippen molar-refractivity contribution < 1.29 is 0 Å². The Hall–Kier alpha value is -2.53. The van der Waals surface area contributed by atoms with E-state index in [1.165, 1.54) is 11.1 Å². The molecule has 0 radical (unpaired) electrons. The van der Waals surface area contributed by atoms with E-state index in [0.29, 0.717) is 0 Å². The summed E-state index contributed by atoms with van der Waals surface area (Å²) in [4.78, 5) is 4.24. The highest BCUT2D eigenvalue weighted by Gasteiger charge is 2.15. The van der Waals surface area contributed by atoms with Gasteiger partial charge in [0, 0.05) is 17.9 Å². The average Bonchev–Trinajstić information content (AvgIpc) is 2.91. The first kappa shape index (κ1) is 13.5. The van der Waals surface area contributed by atoms with E-state index in [1.54, 1.807) is 6.20 Å². The molecule has 0 bridgehead atoms. The van der Waals surface area contributed by atoms with E-state index in [-0.39, 0.29) is 5.41 Å². The van der Waals surface area contributed by atoms with Gasteiger partial charge in [-0.2, -0.15) is 0 Å². The van der Waals surface area contributed by atoms with Gasteiger partial charge in [0.05, 0.1) is 5.69 Å². The van der Waals surface area contributed by atoms with E-state index in [2.05, 4.69) is 60.3 Å². The summed E-state index contributed by atoms with van der Waals surface area (Å²) in [5.41, 5.74) is 4.39. The van der Waals surface area contributed by atoms with Crippen molar-refractivity contribution in [3.8, 4) is 11.8 Å². The molecule has 0 aliphatic rings. The molecule has 21 heavy (non-hydrogen) atoms. The normalized spacial score (nSPS) is 11.2. The third kappa shape index (κ3) is 2.83. The number of nitrogens with zero attached hydrogens (tertiary/aromatic N) is 2. The van der Waals surface area contributed by atoms with Gasteiger partial charge in [0.25, 0.3) is 0 Å². The Bertz CT molecular complexity index is 825. The fourth-order valence-corrected chi connectivity index (χ4v) is 2.21. The Morgan fingerprint density at radius 3 is 2.57 bits per heavy atom. The molecule has 0 aliphatic carbocycles. The first-order valence-electron chi connectivity index (χ1n) is 7.09. The smallest absolute Gasteiger partial charge is 0.113 e. The van der Waals surface area contributed by atoms with Crippen LogP contribution in [0, 0.1) is 11.8 Å². The Labute approximate surface area is 125 Å². The summed E-state index contributed by atoms with van der Waals surface area (Å²) in [5.74, 6) is 6.34. The van der Waals surface area contributed by atoms with Crippen molar-refractivity contribution in [3.05, 3.63) is 71.8 Å². The Kier molecular flexibility index (Phi) is 3.27. The molecule has 0 spiro atoms. The van der Waals surface area contributed by atoms with E-state index in [1.807, 2.05) is 30.3 Å². The number of hydrogen-bond acceptors (Lipinski definition) is 1. The molecule has 2 nitrogen and oxygen atoms in total. The second kappa shape index (κ2) is 5.10. The van der Waals surface area contributed by atoms with Crippen molar-refractivity contribution in [2.24, 2.45) is 0 Å². The molecule has 0 N–H and O–H groups in total. The summed E-state index contributed by atoms with van der Waals surface area (Å²) < 4.78 is 2.15. The molecule has 2 heteroatoms. The highest BCUT2D eigenvalue weighted by atomic mass is 14.9. The molecule has 3 rings (SSSR count). The predicted octanol–water partition coefficient (Wildman–Crippen LogP) is 4.03. The molecular formula is C19H18N2. The van der Waals surface area contributed by atoms with Crippen LogP contribution in [0.3, 0.4) is 0 Å². The molecule has 104 valence electrons. The molecule has 0 amide bonds. The molecular weight excluding hydrogens is 256 g/mol. The van der Waals surface area contributed by atoms with Gasteiger partial charge >= 0.3 is 0 Å². The van der Waals surface area contributed by atoms with Crippen LogP contribution in [0.1, 0.15) is 37.7 Å². The second-order valence-electron chi connectivity index (χ2n) is 6.15. The number of hydrogen-bond donors (Lipinski definition) is 0. The topological polar surface area (TPSA) is 17.3 Å². The van der Waals surface area contributed by atoms with Gasteiger partial charge in [-0.15, -0.1) is 0 Å². The SMILES string of the molecule is CC(C)(C)c1cc2cccc(C#Cc3ccccn3)n2c1. The zero-order valence-corrected chi connectivity index (χ0v) is 12.6. The monoisotopic (exact) mass is 274 g/mol. The zero-order chi connectivity index (χ0) is 14.9. The molecule has 0 atom stereocenters. The first-order valence-corrected chi connectivity index (χ1v) is 7.09. The van der Waals surface area contributed by atoms with Gasteiger partial charge in [-0.1, -0.05) is 32.9 Å². The highest BCUT2D eigenvalue weighted by molar-refractivity contribution is 5.55. The molecule has 3 aromatic heterocycles. The minimum atomic E-state index is 0.137. The van der Waals surface area contributed by atoms with Gasteiger partial charge in [0.1, 0.15) is 5.69 Å². The molecule has 0 aliphatic heterocycles. The van der Waals surface area contributed by atoms with Crippen LogP contribution in [0.5, 0.6) is 0 Å². The predicted molar refractivity (Wildman–Crippen MR) is 86.3 cm³/mol. The quantitative estimate of drug-likeness (QED) is 0.566. The van der Waals surface area contributed by atoms with Crippen LogP contribution < -0.4 is 0 Å². The lowest BCUT2D eigenvalue weighted by atomic mass is 9.89. The number of aromatic nitrogens is 2. The van der Waals surface area contributed by atoms with Crippen LogP contribution in [0.2, 0.25) is 0 Å². The lowest BCUT2D eigenvalue weighted by Crippen LogP contribution is -2.09. The standard InChI is InChI=1S/C19H18N2/c1-19(2,3)15-13-18-9-6-8-17(21(18)14-15)11-10-16-7-4-5-12-20-16/h4-9,12-14H,1-3H3. The lowest BCUT2D eigenvalue weighted by Gasteiger charge is -2.15. The van der Waals surface area contributed by atoms with E-state index in [4.69, 9.17) is 0 Å².